The van der Waals surface area contributed by atoms with Gasteiger partial charge in [0.05, 0.1) is 22.8 Å². The normalized spacial score (nSPS) is 23.3. The van der Waals surface area contributed by atoms with Gasteiger partial charge in [0.2, 0.25) is 5.91 Å². The summed E-state index contributed by atoms with van der Waals surface area (Å²) in [6.45, 7) is 11.9. The number of para-hydroxylation sites is 1. The highest BCUT2D eigenvalue weighted by atomic mass is 35.5. The minimum Gasteiger partial charge on any atom is -0.489 e. The number of rotatable bonds is 10. The number of nitrogens with one attached hydrogen (secondary N) is 3. The Labute approximate surface area is 351 Å². The minimum absolute atomic E-state index is 0.0167. The molecular weight excluding hydrogens is 762 g/mol. The molecule has 2 aromatic heterocycles. The van der Waals surface area contributed by atoms with Crippen LogP contribution < -0.4 is 25.7 Å². The van der Waals surface area contributed by atoms with Crippen LogP contribution in [0.5, 0.6) is 17.2 Å². The van der Waals surface area contributed by atoms with Gasteiger partial charge in [0.15, 0.2) is 0 Å². The number of carbonyl (C=O) groups excluding carboxylic acids is 1. The third kappa shape index (κ3) is 7.87. The number of piperidine rings is 1. The SMILES string of the molecule is CN1CC(C(=O)NC2C(C)(C)C(Oc3ccc(C#N)c(Cl)c3)C2(C)C)NCC1N1CCC(Cc2ccc(Oc3ccccc3-c3cn(C)c(=O)c4[nH]ccc34)cc2)CC1. The van der Waals surface area contributed by atoms with Crippen LogP contribution in [0.15, 0.2) is 90.0 Å². The summed E-state index contributed by atoms with van der Waals surface area (Å²) in [5, 5.41) is 17.4. The highest BCUT2D eigenvalue weighted by Crippen LogP contribution is 2.55. The van der Waals surface area contributed by atoms with Gasteiger partial charge in [0.25, 0.3) is 5.56 Å². The lowest BCUT2D eigenvalue weighted by atomic mass is 9.49. The summed E-state index contributed by atoms with van der Waals surface area (Å²) >= 11 is 6.28. The molecular formula is C47H54ClN7O4. The molecule has 1 amide bonds. The molecule has 308 valence electrons. The van der Waals surface area contributed by atoms with Gasteiger partial charge in [0, 0.05) is 72.0 Å². The molecule has 12 heteroatoms. The highest BCUT2D eigenvalue weighted by Gasteiger charge is 2.64. The Bertz CT molecular complexity index is 2430. The fourth-order valence-electron chi connectivity index (χ4n) is 10.2. The van der Waals surface area contributed by atoms with E-state index in [0.29, 0.717) is 34.3 Å². The van der Waals surface area contributed by atoms with Crippen molar-refractivity contribution in [3.8, 4) is 34.4 Å². The lowest BCUT2D eigenvalue weighted by Gasteiger charge is -2.63. The first-order valence-electron chi connectivity index (χ1n) is 20.6. The third-order valence-electron chi connectivity index (χ3n) is 13.1. The Kier molecular flexibility index (Phi) is 11.1. The molecule has 4 heterocycles. The van der Waals surface area contributed by atoms with E-state index >= 15 is 0 Å². The van der Waals surface area contributed by atoms with Gasteiger partial charge in [-0.3, -0.25) is 19.4 Å². The zero-order valence-corrected chi connectivity index (χ0v) is 35.5. The maximum Gasteiger partial charge on any atom is 0.274 e. The Hall–Kier alpha value is -5.12. The number of likely N-dealkylation sites (tertiary alicyclic amines) is 1. The van der Waals surface area contributed by atoms with Crippen molar-refractivity contribution in [2.24, 2.45) is 23.8 Å². The number of pyridine rings is 1. The number of hydrogen-bond donors (Lipinski definition) is 3. The first-order valence-corrected chi connectivity index (χ1v) is 21.0. The molecule has 5 aromatic rings. The molecule has 2 atom stereocenters. The van der Waals surface area contributed by atoms with Gasteiger partial charge in [-0.05, 0) is 87.3 Å². The molecule has 59 heavy (non-hydrogen) atoms. The van der Waals surface area contributed by atoms with Gasteiger partial charge in [-0.15, -0.1) is 0 Å². The van der Waals surface area contributed by atoms with E-state index in [1.165, 1.54) is 5.56 Å². The average Bonchev–Trinajstić information content (AvgIpc) is 3.72. The first-order chi connectivity index (χ1) is 28.2. The van der Waals surface area contributed by atoms with Crippen LogP contribution in [0.25, 0.3) is 22.0 Å². The molecule has 0 radical (unpaired) electrons. The number of carbonyl (C=O) groups is 1. The van der Waals surface area contributed by atoms with E-state index < -0.39 is 0 Å². The number of aryl methyl sites for hydroxylation is 1. The largest absolute Gasteiger partial charge is 0.489 e. The molecule has 3 aliphatic rings. The maximum atomic E-state index is 13.7. The quantitative estimate of drug-likeness (QED) is 0.134. The van der Waals surface area contributed by atoms with Crippen molar-refractivity contribution in [3.05, 3.63) is 112 Å². The molecule has 1 aliphatic carbocycles. The fourth-order valence-corrected chi connectivity index (χ4v) is 10.4. The van der Waals surface area contributed by atoms with E-state index in [0.717, 1.165) is 66.9 Å². The van der Waals surface area contributed by atoms with E-state index in [2.05, 4.69) is 90.5 Å². The van der Waals surface area contributed by atoms with Crippen LogP contribution in [-0.4, -0.2) is 82.8 Å². The molecule has 3 aromatic carbocycles. The van der Waals surface area contributed by atoms with E-state index in [1.54, 1.807) is 36.0 Å². The highest BCUT2D eigenvalue weighted by molar-refractivity contribution is 6.31. The van der Waals surface area contributed by atoms with Gasteiger partial charge in [0.1, 0.15) is 34.9 Å². The van der Waals surface area contributed by atoms with Gasteiger partial charge in [-0.25, -0.2) is 0 Å². The van der Waals surface area contributed by atoms with Crippen molar-refractivity contribution >= 4 is 28.4 Å². The van der Waals surface area contributed by atoms with Crippen LogP contribution in [0.3, 0.4) is 0 Å². The Balaban J connectivity index is 0.811. The van der Waals surface area contributed by atoms with Crippen LogP contribution >= 0.6 is 11.6 Å². The van der Waals surface area contributed by atoms with E-state index in [4.69, 9.17) is 21.1 Å². The zero-order valence-electron chi connectivity index (χ0n) is 34.7. The number of nitriles is 1. The van der Waals surface area contributed by atoms with Crippen molar-refractivity contribution in [1.29, 1.82) is 5.26 Å². The minimum atomic E-state index is -0.321. The van der Waals surface area contributed by atoms with Crippen LogP contribution in [0, 0.1) is 28.1 Å². The first kappa shape index (κ1) is 40.7. The number of aromatic amines is 1. The molecule has 11 nitrogen and oxygen atoms in total. The molecule has 0 bridgehead atoms. The molecule has 1 saturated carbocycles. The standard InChI is InChI=1S/C47H54ClN7O4/c1-46(2)44(47(3,4)45(46)59-33-16-13-31(25-49)37(48)24-33)52-42(56)38-28-53(5)40(26-51-38)55-21-18-30(19-22-55)23-29-11-14-32(15-12-29)58-39-10-8-7-9-34(39)36-27-54(6)43(57)41-35(36)17-20-50-41/h7-17,20,24,27,30,38,40,44-45,50-51H,18-19,21-23,26,28H2,1-6H3,(H,52,56). The Morgan fingerprint density at radius 1 is 0.966 bits per heavy atom. The number of aromatic nitrogens is 2. The summed E-state index contributed by atoms with van der Waals surface area (Å²) < 4.78 is 14.5. The van der Waals surface area contributed by atoms with Gasteiger partial charge in [-0.2, -0.15) is 5.26 Å². The molecule has 2 aliphatic heterocycles. The number of nitrogens with zero attached hydrogens (tertiary/aromatic N) is 4. The second-order valence-corrected chi connectivity index (χ2v) is 18.3. The number of benzene rings is 3. The van der Waals surface area contributed by atoms with Crippen molar-refractivity contribution in [2.45, 2.75) is 71.3 Å². The number of fused-ring (bicyclic) bond motifs is 1. The number of hydrogen-bond acceptors (Lipinski definition) is 8. The number of halogens is 1. The monoisotopic (exact) mass is 815 g/mol. The summed E-state index contributed by atoms with van der Waals surface area (Å²) in [5.74, 6) is 2.75. The van der Waals surface area contributed by atoms with Crippen LogP contribution in [0.4, 0.5) is 0 Å². The van der Waals surface area contributed by atoms with Gasteiger partial charge >= 0.3 is 0 Å². The number of likely N-dealkylation sites (N-methyl/N-ethyl adjacent to an activating group) is 1. The van der Waals surface area contributed by atoms with Crippen LogP contribution in [0.1, 0.15) is 51.7 Å². The number of piperazine rings is 1. The van der Waals surface area contributed by atoms with E-state index in [1.807, 2.05) is 36.5 Å². The third-order valence-corrected chi connectivity index (χ3v) is 13.4. The Morgan fingerprint density at radius 3 is 2.37 bits per heavy atom. The number of ether oxygens (including phenoxy) is 2. The van der Waals surface area contributed by atoms with E-state index in [-0.39, 0.29) is 46.6 Å². The van der Waals surface area contributed by atoms with Crippen LogP contribution in [0.2, 0.25) is 5.02 Å². The molecule has 2 unspecified atom stereocenters. The number of H-pyrrole nitrogens is 1. The van der Waals surface area contributed by atoms with Crippen molar-refractivity contribution in [1.82, 2.24) is 30.0 Å². The van der Waals surface area contributed by atoms with Gasteiger partial charge in [-0.1, -0.05) is 69.6 Å². The van der Waals surface area contributed by atoms with Crippen molar-refractivity contribution in [2.75, 3.05) is 33.2 Å². The lowest BCUT2D eigenvalue weighted by molar-refractivity contribution is -0.174. The maximum absolute atomic E-state index is 13.7. The molecule has 3 fully saturated rings. The van der Waals surface area contributed by atoms with E-state index in [9.17, 15) is 14.9 Å². The smallest absolute Gasteiger partial charge is 0.274 e. The summed E-state index contributed by atoms with van der Waals surface area (Å²) in [6, 6.07) is 25.2. The second-order valence-electron chi connectivity index (χ2n) is 17.9. The molecule has 2 saturated heterocycles. The summed E-state index contributed by atoms with van der Waals surface area (Å²) in [6.07, 6.45) is 7.02. The molecule has 8 rings (SSSR count). The predicted octanol–water partition coefficient (Wildman–Crippen LogP) is 7.33. The lowest BCUT2D eigenvalue weighted by Crippen LogP contribution is -2.76. The Morgan fingerprint density at radius 2 is 1.68 bits per heavy atom. The van der Waals surface area contributed by atoms with Gasteiger partial charge < -0.3 is 29.7 Å². The van der Waals surface area contributed by atoms with Crippen LogP contribution in [-0.2, 0) is 18.3 Å². The second kappa shape index (κ2) is 16.1. The summed E-state index contributed by atoms with van der Waals surface area (Å²) in [7, 11) is 3.90. The fraction of sp³-hybridized carbons (Fsp3) is 0.426. The average molecular weight is 816 g/mol. The zero-order chi connectivity index (χ0) is 41.6. The van der Waals surface area contributed by atoms with Crippen molar-refractivity contribution in [3.63, 3.8) is 0 Å². The number of amides is 1. The summed E-state index contributed by atoms with van der Waals surface area (Å²) in [5.41, 5.74) is 3.46. The predicted molar refractivity (Wildman–Crippen MR) is 232 cm³/mol. The topological polar surface area (TPSA) is 128 Å². The van der Waals surface area contributed by atoms with Crippen molar-refractivity contribution < 1.29 is 14.3 Å². The summed E-state index contributed by atoms with van der Waals surface area (Å²) in [4.78, 5) is 34.4. The molecule has 0 spiro atoms. The molecule has 3 N–H and O–H groups in total.